The largest absolute Gasteiger partial charge is 0.491 e. The molecule has 2 aliphatic rings. The Labute approximate surface area is 201 Å². The number of hydrogen-bond donors (Lipinski definition) is 3. The summed E-state index contributed by atoms with van der Waals surface area (Å²) < 4.78 is 24.6. The zero-order chi connectivity index (χ0) is 23.4. The lowest BCUT2D eigenvalue weighted by Crippen LogP contribution is -2.51. The zero-order valence-corrected chi connectivity index (χ0v) is 19.5. The van der Waals surface area contributed by atoms with Gasteiger partial charge < -0.3 is 19.6 Å². The lowest BCUT2D eigenvalue weighted by Gasteiger charge is -2.33. The number of aliphatic hydroxyl groups is 1. The number of aliphatic hydroxyl groups excluding tert-OH is 1. The maximum atomic E-state index is 13.4. The Kier molecular flexibility index (Phi) is 7.93. The summed E-state index contributed by atoms with van der Waals surface area (Å²) in [5.41, 5.74) is 4.05. The van der Waals surface area contributed by atoms with Crippen LogP contribution in [0.4, 0.5) is 4.39 Å². The molecular formula is C23H26Cl2FN3O4. The summed E-state index contributed by atoms with van der Waals surface area (Å²) >= 11 is 11.7. The van der Waals surface area contributed by atoms with Crippen LogP contribution in [0.25, 0.3) is 6.08 Å². The molecule has 1 aliphatic heterocycles. The molecule has 0 radical (unpaired) electrons. The number of furan rings is 1. The Morgan fingerprint density at radius 2 is 2.06 bits per heavy atom. The topological polar surface area (TPSA) is 87.0 Å². The van der Waals surface area contributed by atoms with E-state index >= 15 is 0 Å². The van der Waals surface area contributed by atoms with Crippen LogP contribution < -0.4 is 15.5 Å². The molecule has 1 atom stereocenters. The average Bonchev–Trinajstić information content (AvgIpc) is 3.23. The third kappa shape index (κ3) is 6.49. The van der Waals surface area contributed by atoms with Crippen molar-refractivity contribution in [1.82, 2.24) is 15.8 Å². The quantitative estimate of drug-likeness (QED) is 0.514. The number of hydrogen-bond acceptors (Lipinski definition) is 6. The summed E-state index contributed by atoms with van der Waals surface area (Å²) in [4.78, 5) is 12.6. The number of hydrazine groups is 1. The van der Waals surface area contributed by atoms with Gasteiger partial charge in [-0.1, -0.05) is 23.2 Å². The summed E-state index contributed by atoms with van der Waals surface area (Å²) in [5, 5.41) is 16.0. The minimum atomic E-state index is -0.770. The Hall–Kier alpha value is -2.10. The van der Waals surface area contributed by atoms with Gasteiger partial charge in [0.25, 0.3) is 5.91 Å². The summed E-state index contributed by atoms with van der Waals surface area (Å²) in [6, 6.07) is 5.93. The van der Waals surface area contributed by atoms with Gasteiger partial charge >= 0.3 is 0 Å². The van der Waals surface area contributed by atoms with E-state index in [1.54, 1.807) is 12.1 Å². The number of rotatable bonds is 8. The van der Waals surface area contributed by atoms with Crippen LogP contribution in [0, 0.1) is 5.82 Å². The van der Waals surface area contributed by atoms with Gasteiger partial charge in [0.1, 0.15) is 30.0 Å². The molecular weight excluding hydrogens is 472 g/mol. The van der Waals surface area contributed by atoms with E-state index in [1.807, 2.05) is 11.1 Å². The first-order valence-corrected chi connectivity index (χ1v) is 11.7. The predicted molar refractivity (Wildman–Crippen MR) is 124 cm³/mol. The summed E-state index contributed by atoms with van der Waals surface area (Å²) in [5.74, 6) is 0.638. The molecule has 178 valence electrons. The van der Waals surface area contributed by atoms with Crippen LogP contribution in [-0.2, 0) is 6.42 Å². The molecule has 1 aromatic carbocycles. The first-order valence-electron chi connectivity index (χ1n) is 10.9. The van der Waals surface area contributed by atoms with Crippen molar-refractivity contribution in [2.45, 2.75) is 37.8 Å². The second-order valence-corrected chi connectivity index (χ2v) is 9.11. The SMILES string of the molecule is O=C(NC1CCN(NCC(O)COc2ccc(Cl)c(F)c2)CC1)c1cc2c(o1)CCC(Cl)=C2. The molecule has 7 nitrogen and oxygen atoms in total. The first-order chi connectivity index (χ1) is 15.9. The van der Waals surface area contributed by atoms with Gasteiger partial charge in [0.15, 0.2) is 5.76 Å². The van der Waals surface area contributed by atoms with Crippen molar-refractivity contribution in [3.8, 4) is 5.75 Å². The van der Waals surface area contributed by atoms with Gasteiger partial charge in [-0.05, 0) is 43.5 Å². The third-order valence-corrected chi connectivity index (χ3v) is 6.29. The highest BCUT2D eigenvalue weighted by molar-refractivity contribution is 6.31. The van der Waals surface area contributed by atoms with Crippen molar-refractivity contribution in [3.05, 3.63) is 57.2 Å². The first kappa shape index (κ1) is 24.0. The van der Waals surface area contributed by atoms with E-state index in [0.29, 0.717) is 37.6 Å². The van der Waals surface area contributed by atoms with E-state index in [2.05, 4.69) is 10.7 Å². The second kappa shape index (κ2) is 10.9. The lowest BCUT2D eigenvalue weighted by molar-refractivity contribution is 0.0620. The Bertz CT molecular complexity index is 1020. The maximum absolute atomic E-state index is 13.4. The molecule has 2 heterocycles. The Balaban J connectivity index is 1.15. The van der Waals surface area contributed by atoms with Gasteiger partial charge in [0.2, 0.25) is 0 Å². The lowest BCUT2D eigenvalue weighted by atomic mass is 10.1. The number of benzene rings is 1. The van der Waals surface area contributed by atoms with E-state index in [1.165, 1.54) is 12.1 Å². The molecule has 0 spiro atoms. The molecule has 10 heteroatoms. The van der Waals surface area contributed by atoms with E-state index in [0.717, 1.165) is 35.6 Å². The fourth-order valence-electron chi connectivity index (χ4n) is 3.84. The molecule has 4 rings (SSSR count). The molecule has 2 aromatic rings. The molecule has 1 saturated heterocycles. The number of allylic oxidation sites excluding steroid dienone is 1. The highest BCUT2D eigenvalue weighted by Gasteiger charge is 2.24. The average molecular weight is 498 g/mol. The highest BCUT2D eigenvalue weighted by Crippen LogP contribution is 2.28. The van der Waals surface area contributed by atoms with Gasteiger partial charge in [0, 0.05) is 48.8 Å². The number of carbonyl (C=O) groups excluding carboxylic acids is 1. The molecule has 33 heavy (non-hydrogen) atoms. The molecule has 1 amide bonds. The van der Waals surface area contributed by atoms with Crippen molar-refractivity contribution >= 4 is 35.2 Å². The molecule has 1 fully saturated rings. The number of piperidine rings is 1. The fourth-order valence-corrected chi connectivity index (χ4v) is 4.17. The van der Waals surface area contributed by atoms with Crippen LogP contribution in [0.5, 0.6) is 5.75 Å². The second-order valence-electron chi connectivity index (χ2n) is 8.22. The third-order valence-electron chi connectivity index (χ3n) is 5.68. The summed E-state index contributed by atoms with van der Waals surface area (Å²) in [6.45, 7) is 1.75. The van der Waals surface area contributed by atoms with Crippen LogP contribution in [0.1, 0.15) is 41.1 Å². The van der Waals surface area contributed by atoms with Gasteiger partial charge in [-0.3, -0.25) is 10.2 Å². The van der Waals surface area contributed by atoms with Crippen LogP contribution >= 0.6 is 23.2 Å². The molecule has 3 N–H and O–H groups in total. The van der Waals surface area contributed by atoms with Gasteiger partial charge in [0.05, 0.1) is 5.02 Å². The number of fused-ring (bicyclic) bond motifs is 1. The number of nitrogens with zero attached hydrogens (tertiary/aromatic N) is 1. The molecule has 1 unspecified atom stereocenters. The van der Waals surface area contributed by atoms with E-state index in [-0.39, 0.29) is 23.6 Å². The van der Waals surface area contributed by atoms with Gasteiger partial charge in [-0.25, -0.2) is 9.40 Å². The minimum Gasteiger partial charge on any atom is -0.491 e. The fraction of sp³-hybridized carbons (Fsp3) is 0.435. The molecule has 1 aliphatic carbocycles. The number of aryl methyl sites for hydroxylation is 1. The van der Waals surface area contributed by atoms with Crippen molar-refractivity contribution < 1.29 is 23.4 Å². The van der Waals surface area contributed by atoms with Crippen LogP contribution in [-0.4, -0.2) is 54.4 Å². The molecule has 0 bridgehead atoms. The van der Waals surface area contributed by atoms with Crippen molar-refractivity contribution in [2.75, 3.05) is 26.2 Å². The predicted octanol–water partition coefficient (Wildman–Crippen LogP) is 3.74. The van der Waals surface area contributed by atoms with E-state index in [4.69, 9.17) is 32.4 Å². The summed E-state index contributed by atoms with van der Waals surface area (Å²) in [6.07, 6.45) is 4.04. The number of carbonyl (C=O) groups is 1. The summed E-state index contributed by atoms with van der Waals surface area (Å²) in [7, 11) is 0. The van der Waals surface area contributed by atoms with Gasteiger partial charge in [-0.2, -0.15) is 0 Å². The maximum Gasteiger partial charge on any atom is 0.287 e. The van der Waals surface area contributed by atoms with Crippen LogP contribution in [0.15, 0.2) is 33.7 Å². The van der Waals surface area contributed by atoms with E-state index < -0.39 is 11.9 Å². The number of ether oxygens (including phenoxy) is 1. The Morgan fingerprint density at radius 1 is 1.27 bits per heavy atom. The molecule has 1 aromatic heterocycles. The molecule has 0 saturated carbocycles. The number of nitrogens with one attached hydrogen (secondary N) is 2. The van der Waals surface area contributed by atoms with Crippen molar-refractivity contribution in [3.63, 3.8) is 0 Å². The number of amides is 1. The minimum absolute atomic E-state index is 0.0219. The normalized spacial score (nSPS) is 17.9. The zero-order valence-electron chi connectivity index (χ0n) is 18.0. The van der Waals surface area contributed by atoms with Crippen LogP contribution in [0.2, 0.25) is 5.02 Å². The standard InChI is InChI=1S/C23H26Cl2FN3O4/c24-15-1-4-21-14(9-15)10-22(33-21)23(31)28-16-5-7-29(8-6-16)27-12-17(30)13-32-18-2-3-19(25)20(26)11-18/h2-3,9-11,16-17,27,30H,1,4-8,12-13H2,(H,28,31). The highest BCUT2D eigenvalue weighted by atomic mass is 35.5. The van der Waals surface area contributed by atoms with E-state index in [9.17, 15) is 14.3 Å². The van der Waals surface area contributed by atoms with Crippen molar-refractivity contribution in [1.29, 1.82) is 0 Å². The van der Waals surface area contributed by atoms with Gasteiger partial charge in [-0.15, -0.1) is 0 Å². The van der Waals surface area contributed by atoms with Crippen LogP contribution in [0.3, 0.4) is 0 Å². The number of halogens is 3. The smallest absolute Gasteiger partial charge is 0.287 e. The van der Waals surface area contributed by atoms with Crippen molar-refractivity contribution in [2.24, 2.45) is 0 Å². The Morgan fingerprint density at radius 3 is 2.82 bits per heavy atom. The monoisotopic (exact) mass is 497 g/mol.